The number of azo groups is 2. The topological polar surface area (TPSA) is 54.0 Å². The molecule has 1 aliphatic heterocycles. The van der Waals surface area contributed by atoms with Crippen molar-refractivity contribution in [3.63, 3.8) is 0 Å². The summed E-state index contributed by atoms with van der Waals surface area (Å²) in [5.41, 5.74) is 2.27. The van der Waals surface area contributed by atoms with E-state index in [0.29, 0.717) is 11.4 Å². The molecule has 3 aromatic rings. The van der Waals surface area contributed by atoms with Crippen LogP contribution in [-0.2, 0) is 5.41 Å². The summed E-state index contributed by atoms with van der Waals surface area (Å²) in [5.74, 6) is -3.66. The van der Waals surface area contributed by atoms with Gasteiger partial charge in [-0.3, -0.25) is 4.98 Å². The number of pyridine rings is 3. The molecule has 9 heteroatoms. The Morgan fingerprint density at radius 2 is 1.55 bits per heavy atom. The lowest BCUT2D eigenvalue weighted by molar-refractivity contribution is -0.532. The van der Waals surface area contributed by atoms with Gasteiger partial charge >= 0.3 is 0 Å². The first-order chi connectivity index (χ1) is 18.0. The van der Waals surface area contributed by atoms with Crippen molar-refractivity contribution in [3.05, 3.63) is 83.2 Å². The first kappa shape index (κ1) is 26.1. The molecule has 1 aliphatic carbocycles. The highest BCUT2D eigenvalue weighted by Crippen LogP contribution is 2.49. The lowest BCUT2D eigenvalue weighted by atomic mass is 9.75. The monoisotopic (exact) mass is 524 g/mol. The maximum absolute atomic E-state index is 14.8. The molecule has 2 aliphatic rings. The smallest absolute Gasteiger partial charge is 0.252 e. The van der Waals surface area contributed by atoms with Crippen LogP contribution in [0.2, 0.25) is 0 Å². The Bertz CT molecular complexity index is 1460. The van der Waals surface area contributed by atoms with Crippen LogP contribution in [0.25, 0.3) is 11.3 Å². The number of nitrogens with zero attached hydrogens (tertiary/aromatic N) is 5. The molecule has 0 saturated heterocycles. The van der Waals surface area contributed by atoms with E-state index in [1.54, 1.807) is 16.8 Å². The van der Waals surface area contributed by atoms with Crippen molar-refractivity contribution in [1.82, 2.24) is 15.0 Å². The van der Waals surface area contributed by atoms with Gasteiger partial charge in [0.1, 0.15) is 5.70 Å². The summed E-state index contributed by atoms with van der Waals surface area (Å²) < 4.78 is 57.8. The van der Waals surface area contributed by atoms with Crippen LogP contribution in [-0.4, -0.2) is 25.7 Å². The second kappa shape index (κ2) is 9.67. The standard InChI is InChI=1S/C29H30F4N5/c1-17-19(16-29(4)14-5-6-15-29)25(37-38(17)21-11-13-24(31)36-27(21)33)28(2,3)22-9-7-8-20(34-22)18-10-12-23(30)35-26(18)32/h7-13,17H,5-6,14-16H2,1-4H3/q+1. The number of rotatable bonds is 6. The van der Waals surface area contributed by atoms with E-state index in [4.69, 9.17) is 10.1 Å². The summed E-state index contributed by atoms with van der Waals surface area (Å²) in [5, 5.41) is 4.90. The largest absolute Gasteiger partial charge is 0.290 e. The van der Waals surface area contributed by atoms with Gasteiger partial charge in [-0.25, -0.2) is 0 Å². The Labute approximate surface area is 219 Å². The zero-order chi connectivity index (χ0) is 27.2. The van der Waals surface area contributed by atoms with E-state index < -0.39 is 29.2 Å². The predicted molar refractivity (Wildman–Crippen MR) is 135 cm³/mol. The molecular formula is C29H30F4N5+. The quantitative estimate of drug-likeness (QED) is 0.188. The number of halogens is 4. The van der Waals surface area contributed by atoms with E-state index in [-0.39, 0.29) is 22.7 Å². The first-order valence-corrected chi connectivity index (χ1v) is 12.8. The van der Waals surface area contributed by atoms with Gasteiger partial charge in [0.15, 0.2) is 0 Å². The molecule has 5 nitrogen and oxygen atoms in total. The molecule has 4 heterocycles. The first-order valence-electron chi connectivity index (χ1n) is 12.8. The van der Waals surface area contributed by atoms with Crippen LogP contribution in [0.15, 0.2) is 58.8 Å². The van der Waals surface area contributed by atoms with Gasteiger partial charge in [0, 0.05) is 24.6 Å². The minimum absolute atomic E-state index is 0.0915. The third-order valence-corrected chi connectivity index (χ3v) is 7.92. The summed E-state index contributed by atoms with van der Waals surface area (Å²) in [6.07, 6.45) is 5.28. The van der Waals surface area contributed by atoms with Crippen molar-refractivity contribution in [3.8, 4) is 11.3 Å². The van der Waals surface area contributed by atoms with Crippen LogP contribution in [0.5, 0.6) is 0 Å². The normalized spacial score (nSPS) is 19.3. The molecule has 1 atom stereocenters. The van der Waals surface area contributed by atoms with Crippen molar-refractivity contribution in [1.29, 1.82) is 0 Å². The Hall–Kier alpha value is -3.49. The minimum atomic E-state index is -0.939. The van der Waals surface area contributed by atoms with Gasteiger partial charge in [-0.1, -0.05) is 30.5 Å². The fourth-order valence-electron chi connectivity index (χ4n) is 5.72. The highest BCUT2D eigenvalue weighted by molar-refractivity contribution is 5.59. The van der Waals surface area contributed by atoms with Gasteiger partial charge in [-0.05, 0) is 67.9 Å². The maximum Gasteiger partial charge on any atom is 0.290 e. The van der Waals surface area contributed by atoms with Gasteiger partial charge in [0.05, 0.1) is 22.4 Å². The summed E-state index contributed by atoms with van der Waals surface area (Å²) in [6.45, 7) is 8.19. The van der Waals surface area contributed by atoms with Crippen LogP contribution >= 0.6 is 0 Å². The molecule has 1 fully saturated rings. The second-order valence-electron chi connectivity index (χ2n) is 11.1. The molecule has 0 bridgehead atoms. The third kappa shape index (κ3) is 4.74. The highest BCUT2D eigenvalue weighted by atomic mass is 19.1. The number of hydrogen-bond acceptors (Lipinski definition) is 4. The third-order valence-electron chi connectivity index (χ3n) is 7.92. The van der Waals surface area contributed by atoms with Crippen molar-refractivity contribution in [2.24, 2.45) is 10.5 Å². The van der Waals surface area contributed by atoms with Crippen LogP contribution in [0.1, 0.15) is 65.5 Å². The highest BCUT2D eigenvalue weighted by Gasteiger charge is 2.46. The molecule has 38 heavy (non-hydrogen) atoms. The molecule has 0 aromatic carbocycles. The lowest BCUT2D eigenvalue weighted by Gasteiger charge is -2.28. The Morgan fingerprint density at radius 1 is 0.895 bits per heavy atom. The Morgan fingerprint density at radius 3 is 2.21 bits per heavy atom. The second-order valence-corrected chi connectivity index (χ2v) is 11.1. The predicted octanol–water partition coefficient (Wildman–Crippen LogP) is 7.80. The number of allylic oxidation sites excluding steroid dienone is 1. The van der Waals surface area contributed by atoms with Gasteiger partial charge < -0.3 is 0 Å². The van der Waals surface area contributed by atoms with E-state index >= 15 is 0 Å². The SMILES string of the molecule is CC1C(CC2(C)CCCC2)=C(C(C)(C)c2cccc(-c3ccc(F)nc3F)n2)N=[N+]1c1ccc(F)nc1F. The van der Waals surface area contributed by atoms with E-state index in [2.05, 4.69) is 16.9 Å². The number of hydrogen-bond donors (Lipinski definition) is 0. The van der Waals surface area contributed by atoms with Crippen LogP contribution in [0, 0.1) is 29.2 Å². The van der Waals surface area contributed by atoms with Gasteiger partial charge in [0.2, 0.25) is 23.9 Å². The molecule has 5 rings (SSSR count). The fourth-order valence-corrected chi connectivity index (χ4v) is 5.72. The van der Waals surface area contributed by atoms with Crippen LogP contribution in [0.4, 0.5) is 23.2 Å². The van der Waals surface area contributed by atoms with E-state index in [9.17, 15) is 17.6 Å². The zero-order valence-electron chi connectivity index (χ0n) is 21.9. The van der Waals surface area contributed by atoms with Crippen molar-refractivity contribution in [2.75, 3.05) is 0 Å². The van der Waals surface area contributed by atoms with Gasteiger partial charge in [-0.15, -0.1) is 0 Å². The molecule has 0 spiro atoms. The average molecular weight is 525 g/mol. The van der Waals surface area contributed by atoms with Gasteiger partial charge in [-0.2, -0.15) is 27.5 Å². The van der Waals surface area contributed by atoms with E-state index in [1.165, 1.54) is 12.1 Å². The van der Waals surface area contributed by atoms with Crippen molar-refractivity contribution in [2.45, 2.75) is 71.3 Å². The molecule has 0 radical (unpaired) electrons. The van der Waals surface area contributed by atoms with Crippen molar-refractivity contribution < 1.29 is 22.3 Å². The molecule has 1 saturated carbocycles. The summed E-state index contributed by atoms with van der Waals surface area (Å²) in [7, 11) is 0. The van der Waals surface area contributed by atoms with E-state index in [0.717, 1.165) is 55.5 Å². The molecular weight excluding hydrogens is 494 g/mol. The molecule has 1 unspecified atom stereocenters. The van der Waals surface area contributed by atoms with Crippen LogP contribution in [0.3, 0.4) is 0 Å². The van der Waals surface area contributed by atoms with Gasteiger partial charge in [0.25, 0.3) is 11.6 Å². The summed E-state index contributed by atoms with van der Waals surface area (Å²) in [4.78, 5) is 11.4. The van der Waals surface area contributed by atoms with Crippen molar-refractivity contribution >= 4 is 5.69 Å². The lowest BCUT2D eigenvalue weighted by Crippen LogP contribution is -2.25. The Balaban J connectivity index is 1.62. The molecule has 198 valence electrons. The molecule has 3 aromatic heterocycles. The summed E-state index contributed by atoms with van der Waals surface area (Å²) >= 11 is 0. The fraction of sp³-hybridized carbons (Fsp3) is 0.414. The number of aromatic nitrogens is 3. The zero-order valence-corrected chi connectivity index (χ0v) is 21.9. The molecule has 0 amide bonds. The van der Waals surface area contributed by atoms with Crippen LogP contribution < -0.4 is 0 Å². The average Bonchev–Trinajstić information content (AvgIpc) is 3.43. The minimum Gasteiger partial charge on any atom is -0.252 e. The summed E-state index contributed by atoms with van der Waals surface area (Å²) in [6, 6.07) is 9.85. The van der Waals surface area contributed by atoms with E-state index in [1.807, 2.05) is 26.8 Å². The maximum atomic E-state index is 14.8. The molecule has 0 N–H and O–H groups in total. The Kier molecular flexibility index (Phi) is 6.65.